The van der Waals surface area contributed by atoms with Crippen LogP contribution in [0.5, 0.6) is 0 Å². The van der Waals surface area contributed by atoms with Crippen molar-refractivity contribution in [3.8, 4) is 0 Å². The normalized spacial score (nSPS) is 23.2. The molecule has 2 heterocycles. The summed E-state index contributed by atoms with van der Waals surface area (Å²) in [6.45, 7) is 3.95. The molecule has 0 bridgehead atoms. The highest BCUT2D eigenvalue weighted by molar-refractivity contribution is 7.91. The molecule has 12 heteroatoms. The number of halogens is 1. The van der Waals surface area contributed by atoms with Gasteiger partial charge in [0.15, 0.2) is 9.84 Å². The average molecular weight is 551 g/mol. The summed E-state index contributed by atoms with van der Waals surface area (Å²) in [6, 6.07) is 8.41. The van der Waals surface area contributed by atoms with Gasteiger partial charge >= 0.3 is 0 Å². The summed E-state index contributed by atoms with van der Waals surface area (Å²) in [5.74, 6) is -3.99. The number of amides is 1. The molecule has 198 valence electrons. The third kappa shape index (κ3) is 4.80. The molecule has 0 aromatic heterocycles. The van der Waals surface area contributed by atoms with E-state index in [0.29, 0.717) is 0 Å². The Morgan fingerprint density at radius 1 is 1.08 bits per heavy atom. The minimum atomic E-state index is -3.77. The Kier molecular flexibility index (Phi) is 7.28. The molecule has 2 saturated heterocycles. The second-order valence-corrected chi connectivity index (χ2v) is 13.1. The second-order valence-electron chi connectivity index (χ2n) is 8.90. The van der Waals surface area contributed by atoms with E-state index in [4.69, 9.17) is 0 Å². The lowest BCUT2D eigenvalue weighted by molar-refractivity contribution is -0.141. The van der Waals surface area contributed by atoms with Gasteiger partial charge in [0.25, 0.3) is 11.7 Å². The van der Waals surface area contributed by atoms with E-state index in [9.17, 15) is 35.9 Å². The smallest absolute Gasteiger partial charge is 0.295 e. The van der Waals surface area contributed by atoms with Crippen molar-refractivity contribution in [3.05, 3.63) is 71.0 Å². The number of hydrogen-bond donors (Lipinski definition) is 1. The Hall–Kier alpha value is -3.09. The molecule has 9 nitrogen and oxygen atoms in total. The third-order valence-corrected chi connectivity index (χ3v) is 10.6. The second kappa shape index (κ2) is 9.99. The number of benzene rings is 2. The SMILES string of the molecule is CCN(CC)S(=O)(=O)c1ccc(C(O)=C2C(=O)C(=O)N([C@H]3CCS(=O)(=O)C3)[C@@H]2c2ccccc2F)cc1. The number of aliphatic hydroxyl groups excluding tert-OH is 1. The van der Waals surface area contributed by atoms with E-state index in [1.807, 2.05) is 0 Å². The number of sulfone groups is 1. The van der Waals surface area contributed by atoms with Gasteiger partial charge in [0, 0.05) is 30.3 Å². The number of rotatable bonds is 7. The maximum absolute atomic E-state index is 14.9. The molecule has 0 spiro atoms. The molecule has 2 aliphatic heterocycles. The van der Waals surface area contributed by atoms with Crippen molar-refractivity contribution in [1.82, 2.24) is 9.21 Å². The van der Waals surface area contributed by atoms with E-state index in [1.54, 1.807) is 13.8 Å². The van der Waals surface area contributed by atoms with Crippen molar-refractivity contribution >= 4 is 37.3 Å². The summed E-state index contributed by atoms with van der Waals surface area (Å²) in [5, 5.41) is 11.2. The van der Waals surface area contributed by atoms with E-state index < -0.39 is 60.8 Å². The molecular weight excluding hydrogens is 523 g/mol. The molecular formula is C25H27FN2O7S2. The first-order chi connectivity index (χ1) is 17.4. The fourth-order valence-corrected chi connectivity index (χ4v) is 8.05. The molecule has 2 aromatic carbocycles. The van der Waals surface area contributed by atoms with Crippen molar-refractivity contribution in [2.24, 2.45) is 0 Å². The van der Waals surface area contributed by atoms with Crippen LogP contribution >= 0.6 is 0 Å². The topological polar surface area (TPSA) is 129 Å². The fraction of sp³-hybridized carbons (Fsp3) is 0.360. The molecule has 2 fully saturated rings. The fourth-order valence-electron chi connectivity index (χ4n) is 4.88. The van der Waals surface area contributed by atoms with Gasteiger partial charge in [0.1, 0.15) is 11.6 Å². The zero-order chi connectivity index (χ0) is 27.1. The lowest BCUT2D eigenvalue weighted by Crippen LogP contribution is -2.40. The Morgan fingerprint density at radius 2 is 1.70 bits per heavy atom. The largest absolute Gasteiger partial charge is 0.507 e. The summed E-state index contributed by atoms with van der Waals surface area (Å²) in [7, 11) is -7.22. The van der Waals surface area contributed by atoms with Crippen molar-refractivity contribution in [3.63, 3.8) is 0 Å². The lowest BCUT2D eigenvalue weighted by atomic mass is 9.94. The molecule has 1 N–H and O–H groups in total. The number of Topliss-reactive ketones (excluding diaryl/α,β-unsaturated/α-hetero) is 1. The molecule has 37 heavy (non-hydrogen) atoms. The van der Waals surface area contributed by atoms with Gasteiger partial charge in [-0.25, -0.2) is 21.2 Å². The Bertz CT molecular complexity index is 1480. The number of sulfonamides is 1. The van der Waals surface area contributed by atoms with Crippen molar-refractivity contribution in [2.75, 3.05) is 24.6 Å². The number of likely N-dealkylation sites (tertiary alicyclic amines) is 1. The third-order valence-electron chi connectivity index (χ3n) is 6.75. The van der Waals surface area contributed by atoms with Crippen LogP contribution in [0, 0.1) is 5.82 Å². The van der Waals surface area contributed by atoms with E-state index in [2.05, 4.69) is 0 Å². The summed E-state index contributed by atoms with van der Waals surface area (Å²) in [6.07, 6.45) is 0.0816. The highest BCUT2D eigenvalue weighted by Crippen LogP contribution is 2.43. The maximum Gasteiger partial charge on any atom is 0.295 e. The lowest BCUT2D eigenvalue weighted by Gasteiger charge is -2.30. The maximum atomic E-state index is 14.9. The molecule has 2 aromatic rings. The molecule has 0 saturated carbocycles. The van der Waals surface area contributed by atoms with Crippen molar-refractivity contribution in [1.29, 1.82) is 0 Å². The van der Waals surface area contributed by atoms with Gasteiger partial charge in [-0.05, 0) is 36.8 Å². The van der Waals surface area contributed by atoms with Crippen LogP contribution in [0.25, 0.3) is 5.76 Å². The van der Waals surface area contributed by atoms with Gasteiger partial charge in [0.2, 0.25) is 10.0 Å². The zero-order valence-electron chi connectivity index (χ0n) is 20.3. The van der Waals surface area contributed by atoms with Gasteiger partial charge < -0.3 is 10.0 Å². The van der Waals surface area contributed by atoms with Crippen LogP contribution < -0.4 is 0 Å². The van der Waals surface area contributed by atoms with Crippen molar-refractivity contribution < 1.29 is 35.9 Å². The first-order valence-corrected chi connectivity index (χ1v) is 15.0. The summed E-state index contributed by atoms with van der Waals surface area (Å²) >= 11 is 0. The van der Waals surface area contributed by atoms with Crippen molar-refractivity contribution in [2.45, 2.75) is 37.2 Å². The highest BCUT2D eigenvalue weighted by atomic mass is 32.2. The van der Waals surface area contributed by atoms with E-state index >= 15 is 0 Å². The van der Waals surface area contributed by atoms with Crippen LogP contribution in [0.2, 0.25) is 0 Å². The molecule has 1 amide bonds. The van der Waals surface area contributed by atoms with Crippen LogP contribution in [-0.2, 0) is 29.4 Å². The minimum Gasteiger partial charge on any atom is -0.507 e. The first-order valence-electron chi connectivity index (χ1n) is 11.8. The average Bonchev–Trinajstić information content (AvgIpc) is 3.35. The molecule has 0 radical (unpaired) electrons. The summed E-state index contributed by atoms with van der Waals surface area (Å²) < 4.78 is 66.0. The van der Waals surface area contributed by atoms with Crippen LogP contribution in [0.4, 0.5) is 4.39 Å². The van der Waals surface area contributed by atoms with E-state index in [0.717, 1.165) is 11.0 Å². The molecule has 2 aliphatic rings. The Morgan fingerprint density at radius 3 is 2.24 bits per heavy atom. The monoisotopic (exact) mass is 550 g/mol. The molecule has 0 aliphatic carbocycles. The Labute approximate surface area is 215 Å². The van der Waals surface area contributed by atoms with Crippen LogP contribution in [0.1, 0.15) is 37.4 Å². The van der Waals surface area contributed by atoms with Gasteiger partial charge in [-0.3, -0.25) is 9.59 Å². The molecule has 2 atom stereocenters. The quantitative estimate of drug-likeness (QED) is 0.319. The number of carbonyl (C=O) groups excluding carboxylic acids is 2. The highest BCUT2D eigenvalue weighted by Gasteiger charge is 2.51. The van der Waals surface area contributed by atoms with Gasteiger partial charge in [-0.2, -0.15) is 4.31 Å². The van der Waals surface area contributed by atoms with E-state index in [-0.39, 0.29) is 47.0 Å². The van der Waals surface area contributed by atoms with E-state index in [1.165, 1.54) is 46.8 Å². The summed E-state index contributed by atoms with van der Waals surface area (Å²) in [5.41, 5.74) is -0.399. The van der Waals surface area contributed by atoms with Crippen LogP contribution in [0.15, 0.2) is 59.0 Å². The predicted octanol–water partition coefficient (Wildman–Crippen LogP) is 2.47. The van der Waals surface area contributed by atoms with Gasteiger partial charge in [-0.1, -0.05) is 32.0 Å². The van der Waals surface area contributed by atoms with Gasteiger partial charge in [0.05, 0.1) is 28.0 Å². The minimum absolute atomic E-state index is 0.0185. The standard InChI is InChI=1S/C25H27FN2O7S2/c1-3-27(4-2)37(34,35)18-11-9-16(10-12-18)23(29)21-22(19-7-5-6-8-20(19)26)28(25(31)24(21)30)17-13-14-36(32,33)15-17/h5-12,17,22,29H,3-4,13-15H2,1-2H3/t17-,22+/m0/s1. The number of ketones is 1. The zero-order valence-corrected chi connectivity index (χ0v) is 21.9. The van der Waals surface area contributed by atoms with Crippen LogP contribution in [0.3, 0.4) is 0 Å². The Balaban J connectivity index is 1.83. The first kappa shape index (κ1) is 27.0. The van der Waals surface area contributed by atoms with Gasteiger partial charge in [-0.15, -0.1) is 0 Å². The predicted molar refractivity (Wildman–Crippen MR) is 134 cm³/mol. The molecule has 0 unspecified atom stereocenters. The molecule has 4 rings (SSSR count). The number of carbonyl (C=O) groups is 2. The van der Waals surface area contributed by atoms with Crippen LogP contribution in [-0.4, -0.2) is 73.5 Å². The number of nitrogens with zero attached hydrogens (tertiary/aromatic N) is 2. The number of aliphatic hydroxyl groups is 1. The summed E-state index contributed by atoms with van der Waals surface area (Å²) in [4.78, 5) is 27.3. The number of hydrogen-bond acceptors (Lipinski definition) is 7.